The molecule has 2 unspecified atom stereocenters. The van der Waals surface area contributed by atoms with Gasteiger partial charge in [0.15, 0.2) is 5.79 Å². The van der Waals surface area contributed by atoms with Crippen molar-refractivity contribution < 1.29 is 14.6 Å². The van der Waals surface area contributed by atoms with E-state index in [0.717, 1.165) is 25.8 Å². The molecule has 0 bridgehead atoms. The van der Waals surface area contributed by atoms with Gasteiger partial charge in [0.25, 0.3) is 0 Å². The average molecular weight is 241 g/mol. The molecule has 4 heteroatoms. The van der Waals surface area contributed by atoms with Crippen LogP contribution in [0.15, 0.2) is 0 Å². The van der Waals surface area contributed by atoms with Gasteiger partial charge in [-0.1, -0.05) is 6.92 Å². The molecule has 3 rings (SSSR count). The Morgan fingerprint density at radius 1 is 1.24 bits per heavy atom. The molecule has 0 aromatic rings. The van der Waals surface area contributed by atoms with E-state index in [9.17, 15) is 5.11 Å². The lowest BCUT2D eigenvalue weighted by atomic mass is 9.86. The quantitative estimate of drug-likeness (QED) is 0.804. The summed E-state index contributed by atoms with van der Waals surface area (Å²) in [6.45, 7) is 4.61. The van der Waals surface area contributed by atoms with Crippen molar-refractivity contribution in [2.45, 2.75) is 63.0 Å². The van der Waals surface area contributed by atoms with Crippen molar-refractivity contribution in [2.75, 3.05) is 19.8 Å². The van der Waals surface area contributed by atoms with Crippen LogP contribution in [0.2, 0.25) is 0 Å². The summed E-state index contributed by atoms with van der Waals surface area (Å²) >= 11 is 0. The van der Waals surface area contributed by atoms with E-state index >= 15 is 0 Å². The minimum Gasteiger partial charge on any atom is -0.391 e. The van der Waals surface area contributed by atoms with Gasteiger partial charge < -0.3 is 14.6 Å². The first kappa shape index (κ1) is 11.9. The first-order valence-corrected chi connectivity index (χ1v) is 6.96. The molecule has 98 valence electrons. The molecule has 0 radical (unpaired) electrons. The van der Waals surface area contributed by atoms with Crippen molar-refractivity contribution in [1.82, 2.24) is 4.90 Å². The van der Waals surface area contributed by atoms with E-state index in [-0.39, 0.29) is 17.9 Å². The lowest BCUT2D eigenvalue weighted by Crippen LogP contribution is -2.54. The van der Waals surface area contributed by atoms with Crippen molar-refractivity contribution in [3.63, 3.8) is 0 Å². The average Bonchev–Trinajstić information content (AvgIpc) is 3.06. The lowest BCUT2D eigenvalue weighted by molar-refractivity contribution is -0.205. The fourth-order valence-electron chi connectivity index (χ4n) is 3.38. The van der Waals surface area contributed by atoms with Gasteiger partial charge >= 0.3 is 0 Å². The summed E-state index contributed by atoms with van der Waals surface area (Å²) in [6, 6.07) is 0.913. The van der Waals surface area contributed by atoms with Gasteiger partial charge in [-0.3, -0.25) is 4.90 Å². The summed E-state index contributed by atoms with van der Waals surface area (Å²) in [5, 5.41) is 10.2. The molecule has 1 aliphatic heterocycles. The Hall–Kier alpha value is -0.160. The maximum absolute atomic E-state index is 10.2. The highest BCUT2D eigenvalue weighted by molar-refractivity contribution is 4.97. The first-order valence-electron chi connectivity index (χ1n) is 6.96. The Morgan fingerprint density at radius 3 is 2.53 bits per heavy atom. The van der Waals surface area contributed by atoms with Gasteiger partial charge in [-0.05, 0) is 25.8 Å². The zero-order valence-corrected chi connectivity index (χ0v) is 10.6. The minimum atomic E-state index is -0.383. The van der Waals surface area contributed by atoms with Crippen LogP contribution >= 0.6 is 0 Å². The van der Waals surface area contributed by atoms with Crippen molar-refractivity contribution >= 4 is 0 Å². The topological polar surface area (TPSA) is 41.9 Å². The van der Waals surface area contributed by atoms with Gasteiger partial charge in [0.05, 0.1) is 19.3 Å². The number of hydrogen-bond acceptors (Lipinski definition) is 4. The number of hydrogen-bond donors (Lipinski definition) is 1. The number of nitrogens with zero attached hydrogens (tertiary/aromatic N) is 1. The molecular formula is C13H23NO3. The van der Waals surface area contributed by atoms with Gasteiger partial charge in [-0.15, -0.1) is 0 Å². The Labute approximate surface area is 103 Å². The molecule has 1 spiro atoms. The predicted octanol–water partition coefficient (Wildman–Crippen LogP) is 1.13. The van der Waals surface area contributed by atoms with Crippen LogP contribution < -0.4 is 0 Å². The molecule has 2 atom stereocenters. The first-order chi connectivity index (χ1) is 8.24. The van der Waals surface area contributed by atoms with Gasteiger partial charge in [-0.2, -0.15) is 0 Å². The molecule has 3 fully saturated rings. The largest absolute Gasteiger partial charge is 0.391 e. The highest BCUT2D eigenvalue weighted by atomic mass is 16.7. The number of rotatable bonds is 3. The summed E-state index contributed by atoms with van der Waals surface area (Å²) in [4.78, 5) is 2.45. The molecule has 1 saturated heterocycles. The van der Waals surface area contributed by atoms with Crippen molar-refractivity contribution in [3.8, 4) is 0 Å². The van der Waals surface area contributed by atoms with Gasteiger partial charge in [0.2, 0.25) is 0 Å². The Morgan fingerprint density at radius 2 is 1.94 bits per heavy atom. The van der Waals surface area contributed by atoms with Crippen LogP contribution in [-0.4, -0.2) is 53.7 Å². The van der Waals surface area contributed by atoms with E-state index in [1.165, 1.54) is 12.8 Å². The fourth-order valence-corrected chi connectivity index (χ4v) is 3.38. The summed E-state index contributed by atoms with van der Waals surface area (Å²) < 4.78 is 11.6. The van der Waals surface area contributed by atoms with Crippen LogP contribution in [0, 0.1) is 0 Å². The number of likely N-dealkylation sites (N-methyl/N-ethyl adjacent to an activating group) is 1. The maximum Gasteiger partial charge on any atom is 0.170 e. The molecule has 2 aliphatic carbocycles. The van der Waals surface area contributed by atoms with Crippen LogP contribution in [0.5, 0.6) is 0 Å². The lowest BCUT2D eigenvalue weighted by Gasteiger charge is -2.44. The molecular weight excluding hydrogens is 218 g/mol. The standard InChI is InChI=1S/C13H23NO3/c1-2-14(10-3-4-10)11-9-13(6-5-12(11)15)16-7-8-17-13/h10-12,15H,2-9H2,1H3. The molecule has 0 amide bonds. The third kappa shape index (κ3) is 2.24. The van der Waals surface area contributed by atoms with Crippen molar-refractivity contribution in [1.29, 1.82) is 0 Å². The number of ether oxygens (including phenoxy) is 2. The SMILES string of the molecule is CCN(C1CC1)C1CC2(CCC1O)OCCO2. The summed E-state index contributed by atoms with van der Waals surface area (Å²) in [7, 11) is 0. The van der Waals surface area contributed by atoms with Crippen LogP contribution in [-0.2, 0) is 9.47 Å². The summed E-state index contributed by atoms with van der Waals surface area (Å²) in [5.41, 5.74) is 0. The predicted molar refractivity (Wildman–Crippen MR) is 63.7 cm³/mol. The van der Waals surface area contributed by atoms with E-state index in [2.05, 4.69) is 11.8 Å². The number of aliphatic hydroxyl groups is 1. The highest BCUT2D eigenvalue weighted by Gasteiger charge is 2.48. The van der Waals surface area contributed by atoms with E-state index in [4.69, 9.17) is 9.47 Å². The zero-order chi connectivity index (χ0) is 11.9. The summed E-state index contributed by atoms with van der Waals surface area (Å²) in [5.74, 6) is -0.383. The van der Waals surface area contributed by atoms with Crippen LogP contribution in [0.4, 0.5) is 0 Å². The third-order valence-electron chi connectivity index (χ3n) is 4.41. The zero-order valence-electron chi connectivity index (χ0n) is 10.6. The van der Waals surface area contributed by atoms with E-state index in [1.807, 2.05) is 0 Å². The Bertz CT molecular complexity index is 274. The minimum absolute atomic E-state index is 0.214. The van der Waals surface area contributed by atoms with Crippen molar-refractivity contribution in [2.24, 2.45) is 0 Å². The summed E-state index contributed by atoms with van der Waals surface area (Å²) in [6.07, 6.45) is 4.82. The molecule has 0 aromatic carbocycles. The molecule has 17 heavy (non-hydrogen) atoms. The molecule has 1 heterocycles. The highest BCUT2D eigenvalue weighted by Crippen LogP contribution is 2.40. The van der Waals surface area contributed by atoms with E-state index < -0.39 is 0 Å². The molecule has 3 aliphatic rings. The van der Waals surface area contributed by atoms with Crippen LogP contribution in [0.1, 0.15) is 39.0 Å². The Balaban J connectivity index is 1.72. The van der Waals surface area contributed by atoms with Gasteiger partial charge in [0.1, 0.15) is 0 Å². The smallest absolute Gasteiger partial charge is 0.170 e. The normalized spacial score (nSPS) is 36.9. The maximum atomic E-state index is 10.2. The second-order valence-corrected chi connectivity index (χ2v) is 5.55. The second kappa shape index (κ2) is 4.50. The fraction of sp³-hybridized carbons (Fsp3) is 1.00. The van der Waals surface area contributed by atoms with Crippen molar-refractivity contribution in [3.05, 3.63) is 0 Å². The van der Waals surface area contributed by atoms with Crippen LogP contribution in [0.3, 0.4) is 0 Å². The van der Waals surface area contributed by atoms with Gasteiger partial charge in [-0.25, -0.2) is 0 Å². The third-order valence-corrected chi connectivity index (χ3v) is 4.41. The second-order valence-electron chi connectivity index (χ2n) is 5.55. The Kier molecular flexibility index (Phi) is 3.15. The molecule has 1 N–H and O–H groups in total. The van der Waals surface area contributed by atoms with E-state index in [0.29, 0.717) is 19.3 Å². The van der Waals surface area contributed by atoms with Gasteiger partial charge in [0, 0.05) is 24.9 Å². The molecule has 2 saturated carbocycles. The monoisotopic (exact) mass is 241 g/mol. The van der Waals surface area contributed by atoms with Crippen LogP contribution in [0.25, 0.3) is 0 Å². The number of aliphatic hydroxyl groups excluding tert-OH is 1. The molecule has 0 aromatic heterocycles. The molecule has 4 nitrogen and oxygen atoms in total. The van der Waals surface area contributed by atoms with E-state index in [1.54, 1.807) is 0 Å².